The molecular weight excluding hydrogens is 384 g/mol. The predicted octanol–water partition coefficient (Wildman–Crippen LogP) is 6.86. The quantitative estimate of drug-likeness (QED) is 0.321. The summed E-state index contributed by atoms with van der Waals surface area (Å²) in [6, 6.07) is 29.4. The van der Waals surface area contributed by atoms with Gasteiger partial charge < -0.3 is 14.9 Å². The van der Waals surface area contributed by atoms with Gasteiger partial charge in [0.25, 0.3) is 0 Å². The zero-order valence-electron chi connectivity index (χ0n) is 17.0. The average molecular weight is 404 g/mol. The van der Waals surface area contributed by atoms with Gasteiger partial charge in [-0.3, -0.25) is 0 Å². The summed E-state index contributed by atoms with van der Waals surface area (Å²) >= 11 is 0. The number of aromatic hydroxyl groups is 2. The molecule has 0 saturated heterocycles. The van der Waals surface area contributed by atoms with E-state index in [1.54, 1.807) is 24.3 Å². The van der Waals surface area contributed by atoms with Crippen LogP contribution in [0, 0.1) is 0 Å². The van der Waals surface area contributed by atoms with Gasteiger partial charge in [-0.05, 0) is 70.4 Å². The molecule has 5 aromatic carbocycles. The molecule has 1 heterocycles. The number of phenols is 2. The van der Waals surface area contributed by atoms with Crippen molar-refractivity contribution < 1.29 is 14.9 Å². The molecule has 0 spiro atoms. The van der Waals surface area contributed by atoms with Gasteiger partial charge in [0.1, 0.15) is 23.0 Å². The summed E-state index contributed by atoms with van der Waals surface area (Å²) in [5, 5.41) is 24.1. The van der Waals surface area contributed by atoms with E-state index in [4.69, 9.17) is 4.74 Å². The lowest BCUT2D eigenvalue weighted by atomic mass is 9.67. The number of fused-ring (bicyclic) bond motifs is 6. The minimum absolute atomic E-state index is 0.243. The van der Waals surface area contributed by atoms with Crippen molar-refractivity contribution in [2.75, 3.05) is 0 Å². The summed E-state index contributed by atoms with van der Waals surface area (Å²) in [5.41, 5.74) is 2.80. The topological polar surface area (TPSA) is 49.7 Å². The standard InChI is InChI=1S/C28H20O3/c1-28(19-5-3-2-4-6-19)26-22-11-9-20(29)15-17(22)7-13-24(26)31-25-14-8-18-16-21(30)10-12-23(18)27(25)28/h2-16,29-30H,1H3. The van der Waals surface area contributed by atoms with Gasteiger partial charge in [-0.25, -0.2) is 0 Å². The summed E-state index contributed by atoms with van der Waals surface area (Å²) < 4.78 is 6.45. The van der Waals surface area contributed by atoms with Gasteiger partial charge >= 0.3 is 0 Å². The normalized spacial score (nSPS) is 14.1. The molecule has 0 amide bonds. The number of rotatable bonds is 1. The first-order valence-corrected chi connectivity index (χ1v) is 10.3. The molecule has 3 heteroatoms. The van der Waals surface area contributed by atoms with Crippen molar-refractivity contribution in [3.05, 3.63) is 108 Å². The van der Waals surface area contributed by atoms with E-state index in [2.05, 4.69) is 31.2 Å². The minimum atomic E-state index is -0.503. The third-order valence-electron chi connectivity index (χ3n) is 6.50. The van der Waals surface area contributed by atoms with Crippen LogP contribution in [-0.2, 0) is 5.41 Å². The number of ether oxygens (including phenoxy) is 1. The second-order valence-corrected chi connectivity index (χ2v) is 8.28. The maximum atomic E-state index is 10.1. The van der Waals surface area contributed by atoms with E-state index >= 15 is 0 Å². The maximum Gasteiger partial charge on any atom is 0.132 e. The molecule has 0 atom stereocenters. The van der Waals surface area contributed by atoms with Crippen molar-refractivity contribution in [3.8, 4) is 23.0 Å². The Balaban J connectivity index is 1.80. The summed E-state index contributed by atoms with van der Waals surface area (Å²) in [6.45, 7) is 2.24. The largest absolute Gasteiger partial charge is 0.508 e. The Morgan fingerprint density at radius 1 is 0.613 bits per heavy atom. The molecule has 2 N–H and O–H groups in total. The first-order chi connectivity index (χ1) is 15.1. The highest BCUT2D eigenvalue weighted by Gasteiger charge is 2.42. The van der Waals surface area contributed by atoms with Crippen molar-refractivity contribution >= 4 is 21.5 Å². The Morgan fingerprint density at radius 2 is 1.13 bits per heavy atom. The molecule has 5 aromatic rings. The van der Waals surface area contributed by atoms with Crippen LogP contribution in [0.15, 0.2) is 91.0 Å². The monoisotopic (exact) mass is 404 g/mol. The molecule has 1 aliphatic rings. The average Bonchev–Trinajstić information content (AvgIpc) is 2.79. The van der Waals surface area contributed by atoms with Gasteiger partial charge in [-0.15, -0.1) is 0 Å². The van der Waals surface area contributed by atoms with Crippen LogP contribution in [0.4, 0.5) is 0 Å². The van der Waals surface area contributed by atoms with Crippen LogP contribution >= 0.6 is 0 Å². The molecule has 0 aliphatic carbocycles. The Hall–Kier alpha value is -3.98. The van der Waals surface area contributed by atoms with Crippen molar-refractivity contribution in [1.29, 1.82) is 0 Å². The zero-order valence-corrected chi connectivity index (χ0v) is 17.0. The second kappa shape index (κ2) is 6.26. The van der Waals surface area contributed by atoms with Gasteiger partial charge in [0.15, 0.2) is 0 Å². The number of phenolic OH excluding ortho intramolecular Hbond substituents is 2. The molecule has 150 valence electrons. The van der Waals surface area contributed by atoms with E-state index < -0.39 is 5.41 Å². The Labute approximate surface area is 179 Å². The van der Waals surface area contributed by atoms with E-state index in [-0.39, 0.29) is 11.5 Å². The number of benzene rings is 5. The fraction of sp³-hybridized carbons (Fsp3) is 0.0714. The van der Waals surface area contributed by atoms with Crippen molar-refractivity contribution in [2.24, 2.45) is 0 Å². The van der Waals surface area contributed by atoms with E-state index in [9.17, 15) is 10.2 Å². The molecule has 1 aliphatic heterocycles. The van der Waals surface area contributed by atoms with E-state index in [0.717, 1.165) is 49.7 Å². The summed E-state index contributed by atoms with van der Waals surface area (Å²) in [4.78, 5) is 0. The van der Waals surface area contributed by atoms with Crippen LogP contribution < -0.4 is 4.74 Å². The lowest BCUT2D eigenvalue weighted by Crippen LogP contribution is -2.30. The second-order valence-electron chi connectivity index (χ2n) is 8.28. The lowest BCUT2D eigenvalue weighted by Gasteiger charge is -2.39. The van der Waals surface area contributed by atoms with E-state index in [1.165, 1.54) is 0 Å². The molecule has 0 radical (unpaired) electrons. The van der Waals surface area contributed by atoms with Crippen LogP contribution in [0.1, 0.15) is 23.6 Å². The van der Waals surface area contributed by atoms with Crippen LogP contribution in [-0.4, -0.2) is 10.2 Å². The van der Waals surface area contributed by atoms with Gasteiger partial charge in [0.05, 0.1) is 5.41 Å². The van der Waals surface area contributed by atoms with Gasteiger partial charge in [-0.1, -0.05) is 54.6 Å². The van der Waals surface area contributed by atoms with Crippen molar-refractivity contribution in [1.82, 2.24) is 0 Å². The van der Waals surface area contributed by atoms with Crippen LogP contribution in [0.5, 0.6) is 23.0 Å². The molecule has 31 heavy (non-hydrogen) atoms. The van der Waals surface area contributed by atoms with Crippen LogP contribution in [0.2, 0.25) is 0 Å². The molecule has 6 rings (SSSR count). The number of hydrogen-bond acceptors (Lipinski definition) is 3. The van der Waals surface area contributed by atoms with Crippen molar-refractivity contribution in [3.63, 3.8) is 0 Å². The molecule has 3 nitrogen and oxygen atoms in total. The SMILES string of the molecule is CC1(c2ccccc2)c2c(ccc3cc(O)ccc23)Oc2ccc3cc(O)ccc3c21. The summed E-state index contributed by atoms with van der Waals surface area (Å²) in [5.74, 6) is 2.11. The molecule has 0 fully saturated rings. The molecular formula is C28H20O3. The molecule has 0 saturated carbocycles. The summed E-state index contributed by atoms with van der Waals surface area (Å²) in [7, 11) is 0. The predicted molar refractivity (Wildman–Crippen MR) is 123 cm³/mol. The van der Waals surface area contributed by atoms with Crippen molar-refractivity contribution in [2.45, 2.75) is 12.3 Å². The Bertz CT molecular complexity index is 1390. The van der Waals surface area contributed by atoms with Gasteiger partial charge in [-0.2, -0.15) is 0 Å². The summed E-state index contributed by atoms with van der Waals surface area (Å²) in [6.07, 6.45) is 0. The van der Waals surface area contributed by atoms with Gasteiger partial charge in [0, 0.05) is 11.1 Å². The van der Waals surface area contributed by atoms with Gasteiger partial charge in [0.2, 0.25) is 0 Å². The fourth-order valence-electron chi connectivity index (χ4n) is 5.10. The molecule has 0 bridgehead atoms. The van der Waals surface area contributed by atoms with Crippen LogP contribution in [0.25, 0.3) is 21.5 Å². The molecule has 0 aromatic heterocycles. The third-order valence-corrected chi connectivity index (χ3v) is 6.50. The number of hydrogen-bond donors (Lipinski definition) is 2. The van der Waals surface area contributed by atoms with E-state index in [0.29, 0.717) is 0 Å². The maximum absolute atomic E-state index is 10.1. The zero-order chi connectivity index (χ0) is 21.2. The molecule has 0 unspecified atom stereocenters. The fourth-order valence-corrected chi connectivity index (χ4v) is 5.10. The highest BCUT2D eigenvalue weighted by atomic mass is 16.5. The highest BCUT2D eigenvalue weighted by Crippen LogP contribution is 2.55. The third kappa shape index (κ3) is 2.47. The Morgan fingerprint density at radius 3 is 1.65 bits per heavy atom. The lowest BCUT2D eigenvalue weighted by molar-refractivity contribution is 0.431. The van der Waals surface area contributed by atoms with E-state index in [1.807, 2.05) is 42.5 Å². The highest BCUT2D eigenvalue weighted by molar-refractivity contribution is 5.97. The first-order valence-electron chi connectivity index (χ1n) is 10.3. The van der Waals surface area contributed by atoms with Crippen LogP contribution in [0.3, 0.4) is 0 Å². The minimum Gasteiger partial charge on any atom is -0.508 e. The smallest absolute Gasteiger partial charge is 0.132 e. The Kier molecular flexibility index (Phi) is 3.60. The first kappa shape index (κ1) is 17.8.